The summed E-state index contributed by atoms with van der Waals surface area (Å²) in [5.41, 5.74) is 0.0396. The van der Waals surface area contributed by atoms with Crippen LogP contribution in [0.1, 0.15) is 55.1 Å². The van der Waals surface area contributed by atoms with Gasteiger partial charge in [-0.3, -0.25) is 0 Å². The highest BCUT2D eigenvalue weighted by Gasteiger charge is 2.27. The molecule has 0 aliphatic heterocycles. The maximum atomic E-state index is 11.5. The number of nitrogens with zero attached hydrogens (tertiary/aromatic N) is 1. The normalized spacial score (nSPS) is 22.7. The number of hydrogen-bond acceptors (Lipinski definition) is 4. The van der Waals surface area contributed by atoms with Gasteiger partial charge in [-0.15, -0.1) is 11.8 Å². The van der Waals surface area contributed by atoms with Gasteiger partial charge < -0.3 is 10.1 Å². The van der Waals surface area contributed by atoms with E-state index >= 15 is 0 Å². The Kier molecular flexibility index (Phi) is 4.86. The Morgan fingerprint density at radius 1 is 1.45 bits per heavy atom. The highest BCUT2D eigenvalue weighted by Crippen LogP contribution is 2.39. The number of aromatic carboxylic acids is 1. The number of aromatic nitrogens is 2. The molecule has 0 radical (unpaired) electrons. The summed E-state index contributed by atoms with van der Waals surface area (Å²) in [4.78, 5) is 29.2. The zero-order valence-corrected chi connectivity index (χ0v) is 12.6. The maximum Gasteiger partial charge on any atom is 0.346 e. The second kappa shape index (κ2) is 6.43. The molecule has 1 saturated carbocycles. The molecule has 1 aliphatic carbocycles. The van der Waals surface area contributed by atoms with Crippen LogP contribution in [0.3, 0.4) is 0 Å². The molecule has 0 saturated heterocycles. The van der Waals surface area contributed by atoms with Crippen LogP contribution in [0.4, 0.5) is 0 Å². The fraction of sp³-hybridized carbons (Fsp3) is 0.643. The van der Waals surface area contributed by atoms with Crippen molar-refractivity contribution in [1.82, 2.24) is 9.97 Å². The molecular weight excluding hydrogens is 276 g/mol. The molecule has 1 fully saturated rings. The smallest absolute Gasteiger partial charge is 0.346 e. The third-order valence-corrected chi connectivity index (χ3v) is 5.37. The predicted octanol–water partition coefficient (Wildman–Crippen LogP) is 2.84. The average Bonchev–Trinajstić information content (AvgIpc) is 2.38. The molecule has 1 aromatic rings. The lowest BCUT2D eigenvalue weighted by Crippen LogP contribution is -2.24. The van der Waals surface area contributed by atoms with Gasteiger partial charge in [-0.05, 0) is 25.7 Å². The van der Waals surface area contributed by atoms with Crippen molar-refractivity contribution >= 4 is 17.7 Å². The minimum Gasteiger partial charge on any atom is -0.478 e. The van der Waals surface area contributed by atoms with Crippen molar-refractivity contribution in [2.75, 3.05) is 0 Å². The highest BCUT2D eigenvalue weighted by atomic mass is 32.2. The number of carbonyl (C=O) groups is 1. The van der Waals surface area contributed by atoms with E-state index in [1.807, 2.05) is 0 Å². The standard InChI is InChI=1S/C14H20N2O3S/c1-3-9-6-4-5-7-10(9)20-12-11(13(17)18)8(2)15-14(19)16-12/h9-10H,3-7H2,1-2H3,(H,17,18)(H,15,16,19). The first-order valence-electron chi connectivity index (χ1n) is 7.03. The summed E-state index contributed by atoms with van der Waals surface area (Å²) in [5, 5.41) is 10.0. The van der Waals surface area contributed by atoms with E-state index in [0.29, 0.717) is 21.9 Å². The summed E-state index contributed by atoms with van der Waals surface area (Å²) in [6.07, 6.45) is 5.73. The van der Waals surface area contributed by atoms with Crippen LogP contribution in [-0.4, -0.2) is 26.3 Å². The third-order valence-electron chi connectivity index (χ3n) is 3.93. The number of hydrogen-bond donors (Lipinski definition) is 2. The lowest BCUT2D eigenvalue weighted by atomic mass is 9.87. The van der Waals surface area contributed by atoms with Gasteiger partial charge in [-0.1, -0.05) is 26.2 Å². The molecule has 1 heterocycles. The molecule has 0 amide bonds. The second-order valence-corrected chi connectivity index (χ2v) is 6.49. The first-order chi connectivity index (χ1) is 9.52. The Morgan fingerprint density at radius 3 is 2.80 bits per heavy atom. The van der Waals surface area contributed by atoms with Gasteiger partial charge >= 0.3 is 11.7 Å². The summed E-state index contributed by atoms with van der Waals surface area (Å²) in [6, 6.07) is 0. The summed E-state index contributed by atoms with van der Waals surface area (Å²) in [7, 11) is 0. The van der Waals surface area contributed by atoms with Crippen LogP contribution >= 0.6 is 11.8 Å². The van der Waals surface area contributed by atoms with Crippen LogP contribution in [0, 0.1) is 12.8 Å². The Hall–Kier alpha value is -1.30. The van der Waals surface area contributed by atoms with E-state index < -0.39 is 11.7 Å². The number of aromatic amines is 1. The van der Waals surface area contributed by atoms with Gasteiger partial charge in [0.2, 0.25) is 0 Å². The van der Waals surface area contributed by atoms with E-state index in [9.17, 15) is 14.7 Å². The molecule has 1 aliphatic rings. The van der Waals surface area contributed by atoms with E-state index in [1.165, 1.54) is 31.0 Å². The fourth-order valence-electron chi connectivity index (χ4n) is 2.84. The van der Waals surface area contributed by atoms with E-state index in [-0.39, 0.29) is 5.56 Å². The van der Waals surface area contributed by atoms with Crippen molar-refractivity contribution in [3.8, 4) is 0 Å². The van der Waals surface area contributed by atoms with Gasteiger partial charge in [0.15, 0.2) is 0 Å². The summed E-state index contributed by atoms with van der Waals surface area (Å²) >= 11 is 1.47. The zero-order valence-electron chi connectivity index (χ0n) is 11.8. The van der Waals surface area contributed by atoms with Crippen molar-refractivity contribution in [2.45, 2.75) is 56.2 Å². The quantitative estimate of drug-likeness (QED) is 0.835. The van der Waals surface area contributed by atoms with Crippen LogP contribution in [-0.2, 0) is 0 Å². The van der Waals surface area contributed by atoms with Crippen molar-refractivity contribution in [3.05, 3.63) is 21.7 Å². The van der Waals surface area contributed by atoms with Gasteiger partial charge in [0.05, 0.1) is 0 Å². The van der Waals surface area contributed by atoms with E-state index in [4.69, 9.17) is 0 Å². The molecule has 2 unspecified atom stereocenters. The molecule has 2 N–H and O–H groups in total. The molecule has 0 bridgehead atoms. The molecule has 0 aromatic carbocycles. The van der Waals surface area contributed by atoms with Gasteiger partial charge in [-0.2, -0.15) is 4.98 Å². The van der Waals surface area contributed by atoms with Gasteiger partial charge in [-0.25, -0.2) is 9.59 Å². The second-order valence-electron chi connectivity index (χ2n) is 5.26. The number of H-pyrrole nitrogens is 1. The molecule has 1 aromatic heterocycles. The highest BCUT2D eigenvalue weighted by molar-refractivity contribution is 8.00. The Bertz CT molecular complexity index is 556. The zero-order chi connectivity index (χ0) is 14.7. The van der Waals surface area contributed by atoms with Gasteiger partial charge in [0.1, 0.15) is 10.6 Å². The number of carboxylic acid groups (broad SMARTS) is 1. The van der Waals surface area contributed by atoms with Crippen LogP contribution in [0.2, 0.25) is 0 Å². The topological polar surface area (TPSA) is 83.0 Å². The lowest BCUT2D eigenvalue weighted by molar-refractivity contribution is 0.0690. The molecule has 2 rings (SSSR count). The fourth-order valence-corrected chi connectivity index (χ4v) is 4.42. The summed E-state index contributed by atoms with van der Waals surface area (Å²) < 4.78 is 0. The van der Waals surface area contributed by atoms with Crippen molar-refractivity contribution < 1.29 is 9.90 Å². The molecule has 6 heteroatoms. The average molecular weight is 296 g/mol. The van der Waals surface area contributed by atoms with Crippen LogP contribution in [0.15, 0.2) is 9.82 Å². The molecule has 5 nitrogen and oxygen atoms in total. The van der Waals surface area contributed by atoms with Gasteiger partial charge in [0, 0.05) is 10.9 Å². The minimum absolute atomic E-state index is 0.134. The van der Waals surface area contributed by atoms with Gasteiger partial charge in [0.25, 0.3) is 0 Å². The van der Waals surface area contributed by atoms with Crippen molar-refractivity contribution in [1.29, 1.82) is 0 Å². The first kappa shape index (κ1) is 15.1. The summed E-state index contributed by atoms with van der Waals surface area (Å²) in [6.45, 7) is 3.77. The number of nitrogens with one attached hydrogen (secondary N) is 1. The Balaban J connectivity index is 2.32. The molecule has 110 valence electrons. The van der Waals surface area contributed by atoms with Crippen LogP contribution in [0.5, 0.6) is 0 Å². The largest absolute Gasteiger partial charge is 0.478 e. The Labute approximate surface area is 122 Å². The van der Waals surface area contributed by atoms with Crippen molar-refractivity contribution in [2.24, 2.45) is 5.92 Å². The van der Waals surface area contributed by atoms with E-state index in [2.05, 4.69) is 16.9 Å². The number of aryl methyl sites for hydroxylation is 1. The molecule has 0 spiro atoms. The molecular formula is C14H20N2O3S. The summed E-state index contributed by atoms with van der Waals surface area (Å²) in [5.74, 6) is -0.450. The van der Waals surface area contributed by atoms with Crippen LogP contribution < -0.4 is 5.69 Å². The third kappa shape index (κ3) is 3.23. The maximum absolute atomic E-state index is 11.5. The van der Waals surface area contributed by atoms with Crippen LogP contribution in [0.25, 0.3) is 0 Å². The Morgan fingerprint density at radius 2 is 2.15 bits per heavy atom. The predicted molar refractivity (Wildman–Crippen MR) is 78.4 cm³/mol. The number of rotatable bonds is 4. The SMILES string of the molecule is CCC1CCCCC1Sc1nc(=O)[nH]c(C)c1C(=O)O. The van der Waals surface area contributed by atoms with E-state index in [0.717, 1.165) is 12.8 Å². The first-order valence-corrected chi connectivity index (χ1v) is 7.91. The monoisotopic (exact) mass is 296 g/mol. The molecule has 2 atom stereocenters. The number of carboxylic acids is 1. The minimum atomic E-state index is -1.03. The lowest BCUT2D eigenvalue weighted by Gasteiger charge is -2.30. The van der Waals surface area contributed by atoms with E-state index in [1.54, 1.807) is 6.92 Å². The molecule has 20 heavy (non-hydrogen) atoms. The van der Waals surface area contributed by atoms with Crippen molar-refractivity contribution in [3.63, 3.8) is 0 Å². The number of thioether (sulfide) groups is 1.